The second-order valence-electron chi connectivity index (χ2n) is 5.66. The van der Waals surface area contributed by atoms with Gasteiger partial charge in [-0.05, 0) is 6.07 Å². The average Bonchev–Trinajstić information content (AvgIpc) is 3.08. The Bertz CT molecular complexity index is 702. The minimum Gasteiger partial charge on any atom is -0.493 e. The monoisotopic (exact) mass is 456 g/mol. The first-order valence-electron chi connectivity index (χ1n) is 8.37. The molecule has 0 spiro atoms. The standard InChI is InChI=1S/C17H24N6O.HI/c1-3-16-22-20-12-23(16)10-9-19-17(18-2)21-14-8-11-24-15-7-5-4-6-13(14)15;/h4-7,12,14H,3,8-11H2,1-2H3,(H2,18,19,21);1H. The number of benzene rings is 1. The fourth-order valence-electron chi connectivity index (χ4n) is 2.89. The van der Waals surface area contributed by atoms with E-state index in [0.717, 1.165) is 43.5 Å². The number of hydrogen-bond acceptors (Lipinski definition) is 4. The van der Waals surface area contributed by atoms with Gasteiger partial charge in [-0.25, -0.2) is 0 Å². The Balaban J connectivity index is 0.00000225. The highest BCUT2D eigenvalue weighted by atomic mass is 127. The molecule has 2 heterocycles. The maximum absolute atomic E-state index is 5.71. The summed E-state index contributed by atoms with van der Waals surface area (Å²) in [5.74, 6) is 2.75. The lowest BCUT2D eigenvalue weighted by molar-refractivity contribution is 0.261. The third-order valence-corrected chi connectivity index (χ3v) is 4.15. The van der Waals surface area contributed by atoms with Crippen molar-refractivity contribution in [2.24, 2.45) is 4.99 Å². The number of fused-ring (bicyclic) bond motifs is 1. The van der Waals surface area contributed by atoms with Crippen LogP contribution in [0.4, 0.5) is 0 Å². The molecular weight excluding hydrogens is 431 g/mol. The summed E-state index contributed by atoms with van der Waals surface area (Å²) in [6.07, 6.45) is 3.57. The van der Waals surface area contributed by atoms with E-state index in [4.69, 9.17) is 4.74 Å². The smallest absolute Gasteiger partial charge is 0.191 e. The summed E-state index contributed by atoms with van der Waals surface area (Å²) >= 11 is 0. The maximum atomic E-state index is 5.71. The van der Waals surface area contributed by atoms with Crippen LogP contribution in [0.3, 0.4) is 0 Å². The molecule has 2 aromatic rings. The number of aromatic nitrogens is 3. The number of rotatable bonds is 5. The van der Waals surface area contributed by atoms with Gasteiger partial charge >= 0.3 is 0 Å². The van der Waals surface area contributed by atoms with Crippen molar-refractivity contribution in [3.63, 3.8) is 0 Å². The molecule has 0 saturated carbocycles. The molecule has 136 valence electrons. The van der Waals surface area contributed by atoms with E-state index >= 15 is 0 Å². The van der Waals surface area contributed by atoms with Gasteiger partial charge in [0, 0.05) is 38.5 Å². The molecule has 0 fully saturated rings. The van der Waals surface area contributed by atoms with Crippen LogP contribution in [-0.4, -0.2) is 40.9 Å². The molecule has 2 N–H and O–H groups in total. The Morgan fingerprint density at radius 1 is 1.40 bits per heavy atom. The predicted octanol–water partition coefficient (Wildman–Crippen LogP) is 2.15. The van der Waals surface area contributed by atoms with Crippen molar-refractivity contribution >= 4 is 29.9 Å². The number of aryl methyl sites for hydroxylation is 1. The van der Waals surface area contributed by atoms with Crippen LogP contribution in [0.25, 0.3) is 0 Å². The fraction of sp³-hybridized carbons (Fsp3) is 0.471. The van der Waals surface area contributed by atoms with Gasteiger partial charge in [0.15, 0.2) is 5.96 Å². The van der Waals surface area contributed by atoms with E-state index < -0.39 is 0 Å². The zero-order valence-corrected chi connectivity index (χ0v) is 16.9. The minimum absolute atomic E-state index is 0. The molecule has 8 heteroatoms. The van der Waals surface area contributed by atoms with Crippen LogP contribution in [0, 0.1) is 0 Å². The summed E-state index contributed by atoms with van der Waals surface area (Å²) in [4.78, 5) is 4.33. The molecule has 1 unspecified atom stereocenters. The van der Waals surface area contributed by atoms with Crippen LogP contribution in [0.1, 0.15) is 30.8 Å². The third kappa shape index (κ3) is 4.83. The van der Waals surface area contributed by atoms with Crippen molar-refractivity contribution in [3.05, 3.63) is 42.0 Å². The Hall–Kier alpha value is -1.84. The molecule has 1 atom stereocenters. The molecule has 3 rings (SSSR count). The highest BCUT2D eigenvalue weighted by Crippen LogP contribution is 2.31. The lowest BCUT2D eigenvalue weighted by atomic mass is 10.0. The molecule has 25 heavy (non-hydrogen) atoms. The van der Waals surface area contributed by atoms with E-state index in [2.05, 4.69) is 43.4 Å². The topological polar surface area (TPSA) is 76.4 Å². The highest BCUT2D eigenvalue weighted by molar-refractivity contribution is 14.0. The van der Waals surface area contributed by atoms with E-state index in [-0.39, 0.29) is 30.0 Å². The van der Waals surface area contributed by atoms with E-state index in [1.54, 1.807) is 13.4 Å². The van der Waals surface area contributed by atoms with Gasteiger partial charge in [0.2, 0.25) is 0 Å². The van der Waals surface area contributed by atoms with Crippen LogP contribution in [-0.2, 0) is 13.0 Å². The van der Waals surface area contributed by atoms with Gasteiger partial charge < -0.3 is 19.9 Å². The highest BCUT2D eigenvalue weighted by Gasteiger charge is 2.21. The third-order valence-electron chi connectivity index (χ3n) is 4.15. The van der Waals surface area contributed by atoms with Gasteiger partial charge in [-0.1, -0.05) is 25.1 Å². The predicted molar refractivity (Wildman–Crippen MR) is 109 cm³/mol. The Morgan fingerprint density at radius 3 is 3.04 bits per heavy atom. The molecule has 1 aliphatic rings. The number of para-hydroxylation sites is 1. The zero-order chi connectivity index (χ0) is 16.8. The molecule has 0 amide bonds. The SMILES string of the molecule is CCc1nncn1CCNC(=NC)NC1CCOc2ccccc21.I. The maximum Gasteiger partial charge on any atom is 0.191 e. The summed E-state index contributed by atoms with van der Waals surface area (Å²) in [6.45, 7) is 4.36. The normalized spacial score (nSPS) is 16.4. The van der Waals surface area contributed by atoms with Crippen LogP contribution >= 0.6 is 24.0 Å². The first-order valence-corrected chi connectivity index (χ1v) is 8.37. The summed E-state index contributed by atoms with van der Waals surface area (Å²) in [6, 6.07) is 8.36. The van der Waals surface area contributed by atoms with Crippen molar-refractivity contribution < 1.29 is 4.74 Å². The Labute approximate surface area is 165 Å². The van der Waals surface area contributed by atoms with Crippen molar-refractivity contribution in [1.82, 2.24) is 25.4 Å². The first-order chi connectivity index (χ1) is 11.8. The number of guanidine groups is 1. The Morgan fingerprint density at radius 2 is 2.24 bits per heavy atom. The molecule has 0 aliphatic carbocycles. The second-order valence-corrected chi connectivity index (χ2v) is 5.66. The second kappa shape index (κ2) is 9.59. The largest absolute Gasteiger partial charge is 0.493 e. The first kappa shape index (κ1) is 19.5. The summed E-state index contributed by atoms with van der Waals surface area (Å²) < 4.78 is 7.77. The fourth-order valence-corrected chi connectivity index (χ4v) is 2.89. The van der Waals surface area contributed by atoms with Crippen LogP contribution in [0.2, 0.25) is 0 Å². The van der Waals surface area contributed by atoms with Gasteiger partial charge in [0.1, 0.15) is 17.9 Å². The molecule has 1 aromatic heterocycles. The summed E-state index contributed by atoms with van der Waals surface area (Å²) in [5.41, 5.74) is 1.18. The summed E-state index contributed by atoms with van der Waals surface area (Å²) in [5, 5.41) is 14.9. The number of nitrogens with zero attached hydrogens (tertiary/aromatic N) is 4. The van der Waals surface area contributed by atoms with Crippen LogP contribution < -0.4 is 15.4 Å². The molecule has 0 bridgehead atoms. The van der Waals surface area contributed by atoms with Crippen molar-refractivity contribution in [2.75, 3.05) is 20.2 Å². The minimum atomic E-state index is 0. The molecule has 1 aliphatic heterocycles. The van der Waals surface area contributed by atoms with Gasteiger partial charge in [-0.2, -0.15) is 0 Å². The number of halogens is 1. The number of nitrogens with one attached hydrogen (secondary N) is 2. The van der Waals surface area contributed by atoms with E-state index in [0.29, 0.717) is 6.61 Å². The quantitative estimate of drug-likeness (QED) is 0.410. The zero-order valence-electron chi connectivity index (χ0n) is 14.6. The van der Waals surface area contributed by atoms with Crippen molar-refractivity contribution in [3.8, 4) is 5.75 Å². The number of hydrogen-bond donors (Lipinski definition) is 2. The van der Waals surface area contributed by atoms with Gasteiger partial charge in [0.05, 0.1) is 12.6 Å². The summed E-state index contributed by atoms with van der Waals surface area (Å²) in [7, 11) is 1.79. The molecule has 1 aromatic carbocycles. The van der Waals surface area contributed by atoms with E-state index in [1.807, 2.05) is 18.2 Å². The Kier molecular flexibility index (Phi) is 7.48. The van der Waals surface area contributed by atoms with Gasteiger partial charge in [-0.3, -0.25) is 4.99 Å². The van der Waals surface area contributed by atoms with E-state index in [9.17, 15) is 0 Å². The van der Waals surface area contributed by atoms with Crippen LogP contribution in [0.15, 0.2) is 35.6 Å². The molecule has 7 nitrogen and oxygen atoms in total. The number of aliphatic imine (C=N–C) groups is 1. The van der Waals surface area contributed by atoms with Crippen molar-refractivity contribution in [1.29, 1.82) is 0 Å². The lowest BCUT2D eigenvalue weighted by Crippen LogP contribution is -2.42. The molecule has 0 saturated heterocycles. The average molecular weight is 456 g/mol. The molecular formula is C17H25IN6O. The van der Waals surface area contributed by atoms with Crippen molar-refractivity contribution in [2.45, 2.75) is 32.4 Å². The van der Waals surface area contributed by atoms with Gasteiger partial charge in [-0.15, -0.1) is 34.2 Å². The number of ether oxygens (including phenoxy) is 1. The van der Waals surface area contributed by atoms with Crippen LogP contribution in [0.5, 0.6) is 5.75 Å². The lowest BCUT2D eigenvalue weighted by Gasteiger charge is -2.28. The van der Waals surface area contributed by atoms with Gasteiger partial charge in [0.25, 0.3) is 0 Å². The molecule has 0 radical (unpaired) electrons. The van der Waals surface area contributed by atoms with E-state index in [1.165, 1.54) is 5.56 Å².